The maximum atomic E-state index is 12.6. The predicted octanol–water partition coefficient (Wildman–Crippen LogP) is 2.66. The van der Waals surface area contributed by atoms with E-state index >= 15 is 0 Å². The highest BCUT2D eigenvalue weighted by molar-refractivity contribution is 6.00. The van der Waals surface area contributed by atoms with Gasteiger partial charge in [0, 0.05) is 37.7 Å². The van der Waals surface area contributed by atoms with E-state index in [1.807, 2.05) is 30.3 Å². The zero-order chi connectivity index (χ0) is 14.8. The van der Waals surface area contributed by atoms with Crippen LogP contribution >= 0.6 is 0 Å². The summed E-state index contributed by atoms with van der Waals surface area (Å²) in [5, 5.41) is 2.32. The van der Waals surface area contributed by atoms with E-state index in [2.05, 4.69) is 36.0 Å². The van der Waals surface area contributed by atoms with Crippen molar-refractivity contribution in [2.24, 2.45) is 0 Å². The first-order chi connectivity index (χ1) is 10.1. The van der Waals surface area contributed by atoms with Crippen LogP contribution in [0.5, 0.6) is 0 Å². The van der Waals surface area contributed by atoms with Crippen molar-refractivity contribution in [2.45, 2.75) is 12.5 Å². The highest BCUT2D eigenvalue weighted by atomic mass is 16.1. The van der Waals surface area contributed by atoms with Crippen LogP contribution in [-0.2, 0) is 0 Å². The van der Waals surface area contributed by atoms with Gasteiger partial charge in [-0.2, -0.15) is 0 Å². The third kappa shape index (κ3) is 3.14. The summed E-state index contributed by atoms with van der Waals surface area (Å²) in [6, 6.07) is 14.5. The molecule has 0 amide bonds. The van der Waals surface area contributed by atoms with Crippen LogP contribution in [0.2, 0.25) is 0 Å². The Morgan fingerprint density at radius 3 is 2.67 bits per heavy atom. The van der Waals surface area contributed by atoms with Gasteiger partial charge in [0.25, 0.3) is 0 Å². The first kappa shape index (κ1) is 14.2. The lowest BCUT2D eigenvalue weighted by molar-refractivity contribution is 0.0810. The SMILES string of the molecule is CN1CCN(C)C(CC(=O)c2ccc3ccccc3c2)C1. The van der Waals surface area contributed by atoms with Crippen molar-refractivity contribution in [3.8, 4) is 0 Å². The Bertz CT molecular complexity index is 652. The Morgan fingerprint density at radius 2 is 1.86 bits per heavy atom. The summed E-state index contributed by atoms with van der Waals surface area (Å²) in [4.78, 5) is 17.2. The Labute approximate surface area is 126 Å². The van der Waals surface area contributed by atoms with Gasteiger partial charge in [-0.25, -0.2) is 0 Å². The standard InChI is InChI=1S/C18H22N2O/c1-19-9-10-20(2)17(13-19)12-18(21)16-8-7-14-5-3-4-6-15(14)11-16/h3-8,11,17H,9-10,12-13H2,1-2H3. The van der Waals surface area contributed by atoms with Crippen molar-refractivity contribution in [3.63, 3.8) is 0 Å². The van der Waals surface area contributed by atoms with Crippen LogP contribution in [0.3, 0.4) is 0 Å². The molecular weight excluding hydrogens is 260 g/mol. The van der Waals surface area contributed by atoms with E-state index in [1.54, 1.807) is 0 Å². The topological polar surface area (TPSA) is 23.6 Å². The van der Waals surface area contributed by atoms with Crippen molar-refractivity contribution < 1.29 is 4.79 Å². The van der Waals surface area contributed by atoms with Crippen LogP contribution in [0, 0.1) is 0 Å². The molecule has 0 N–H and O–H groups in total. The van der Waals surface area contributed by atoms with Gasteiger partial charge < -0.3 is 9.80 Å². The monoisotopic (exact) mass is 282 g/mol. The van der Waals surface area contributed by atoms with Gasteiger partial charge in [0.15, 0.2) is 5.78 Å². The largest absolute Gasteiger partial charge is 0.304 e. The number of Topliss-reactive ketones (excluding diaryl/α,β-unsaturated/α-hetero) is 1. The molecule has 21 heavy (non-hydrogen) atoms. The van der Waals surface area contributed by atoms with Crippen LogP contribution in [-0.4, -0.2) is 55.4 Å². The minimum Gasteiger partial charge on any atom is -0.304 e. The molecule has 0 spiro atoms. The number of likely N-dealkylation sites (N-methyl/N-ethyl adjacent to an activating group) is 2. The average molecular weight is 282 g/mol. The summed E-state index contributed by atoms with van der Waals surface area (Å²) in [5.74, 6) is 0.243. The second kappa shape index (κ2) is 5.96. The van der Waals surface area contributed by atoms with Gasteiger partial charge in [-0.1, -0.05) is 36.4 Å². The predicted molar refractivity (Wildman–Crippen MR) is 86.8 cm³/mol. The zero-order valence-electron chi connectivity index (χ0n) is 12.7. The number of benzene rings is 2. The van der Waals surface area contributed by atoms with Crippen molar-refractivity contribution in [3.05, 3.63) is 48.0 Å². The van der Waals surface area contributed by atoms with Gasteiger partial charge in [0.2, 0.25) is 0 Å². The molecule has 1 fully saturated rings. The molecule has 1 aliphatic heterocycles. The van der Waals surface area contributed by atoms with E-state index in [0.29, 0.717) is 12.5 Å². The summed E-state index contributed by atoms with van der Waals surface area (Å²) in [6.07, 6.45) is 0.596. The molecule has 1 saturated heterocycles. The number of carbonyl (C=O) groups is 1. The lowest BCUT2D eigenvalue weighted by Gasteiger charge is -2.37. The molecule has 2 aromatic rings. The molecule has 0 bridgehead atoms. The molecule has 110 valence electrons. The Morgan fingerprint density at radius 1 is 1.10 bits per heavy atom. The van der Waals surface area contributed by atoms with E-state index < -0.39 is 0 Å². The number of ketones is 1. The van der Waals surface area contributed by atoms with Crippen LogP contribution in [0.25, 0.3) is 10.8 Å². The molecule has 0 aliphatic carbocycles. The zero-order valence-corrected chi connectivity index (χ0v) is 12.7. The smallest absolute Gasteiger partial charge is 0.164 e. The Hall–Kier alpha value is -1.71. The highest BCUT2D eigenvalue weighted by Crippen LogP contribution is 2.19. The summed E-state index contributed by atoms with van der Waals surface area (Å²) in [6.45, 7) is 3.08. The van der Waals surface area contributed by atoms with Gasteiger partial charge >= 0.3 is 0 Å². The molecule has 1 aliphatic rings. The molecule has 1 atom stereocenters. The molecule has 3 nitrogen and oxygen atoms in total. The third-order valence-corrected chi connectivity index (χ3v) is 4.47. The third-order valence-electron chi connectivity index (χ3n) is 4.47. The number of piperazine rings is 1. The fraction of sp³-hybridized carbons (Fsp3) is 0.389. The molecule has 0 radical (unpaired) electrons. The van der Waals surface area contributed by atoms with E-state index in [0.717, 1.165) is 30.6 Å². The van der Waals surface area contributed by atoms with Crippen LogP contribution in [0.15, 0.2) is 42.5 Å². The van der Waals surface area contributed by atoms with Crippen LogP contribution in [0.4, 0.5) is 0 Å². The normalized spacial score (nSPS) is 20.8. The van der Waals surface area contributed by atoms with E-state index in [1.165, 1.54) is 5.39 Å². The van der Waals surface area contributed by atoms with Gasteiger partial charge in [0.1, 0.15) is 0 Å². The van der Waals surface area contributed by atoms with Gasteiger partial charge in [0.05, 0.1) is 0 Å². The van der Waals surface area contributed by atoms with Crippen LogP contribution < -0.4 is 0 Å². The number of hydrogen-bond acceptors (Lipinski definition) is 3. The maximum absolute atomic E-state index is 12.6. The molecule has 1 unspecified atom stereocenters. The molecule has 1 heterocycles. The van der Waals surface area contributed by atoms with Crippen molar-refractivity contribution in [1.82, 2.24) is 9.80 Å². The second-order valence-electron chi connectivity index (χ2n) is 6.09. The lowest BCUT2D eigenvalue weighted by atomic mass is 9.99. The van der Waals surface area contributed by atoms with E-state index in [-0.39, 0.29) is 5.78 Å². The van der Waals surface area contributed by atoms with Crippen molar-refractivity contribution >= 4 is 16.6 Å². The minimum atomic E-state index is 0.243. The lowest BCUT2D eigenvalue weighted by Crippen LogP contribution is -2.50. The summed E-state index contributed by atoms with van der Waals surface area (Å²) >= 11 is 0. The van der Waals surface area contributed by atoms with Crippen LogP contribution in [0.1, 0.15) is 16.8 Å². The Balaban J connectivity index is 1.77. The highest BCUT2D eigenvalue weighted by Gasteiger charge is 2.24. The second-order valence-corrected chi connectivity index (χ2v) is 6.09. The fourth-order valence-corrected chi connectivity index (χ4v) is 3.02. The number of rotatable bonds is 3. The number of nitrogens with zero attached hydrogens (tertiary/aromatic N) is 2. The molecule has 0 aromatic heterocycles. The van der Waals surface area contributed by atoms with E-state index in [4.69, 9.17) is 0 Å². The quantitative estimate of drug-likeness (QED) is 0.809. The number of carbonyl (C=O) groups excluding carboxylic acids is 1. The molecule has 3 heteroatoms. The average Bonchev–Trinajstić information content (AvgIpc) is 2.50. The van der Waals surface area contributed by atoms with Crippen molar-refractivity contribution in [2.75, 3.05) is 33.7 Å². The van der Waals surface area contributed by atoms with Crippen molar-refractivity contribution in [1.29, 1.82) is 0 Å². The molecule has 0 saturated carbocycles. The summed E-state index contributed by atoms with van der Waals surface area (Å²) in [5.41, 5.74) is 0.829. The maximum Gasteiger partial charge on any atom is 0.164 e. The Kier molecular flexibility index (Phi) is 4.04. The first-order valence-corrected chi connectivity index (χ1v) is 7.54. The molecule has 3 rings (SSSR count). The minimum absolute atomic E-state index is 0.243. The number of hydrogen-bond donors (Lipinski definition) is 0. The summed E-state index contributed by atoms with van der Waals surface area (Å²) in [7, 11) is 4.24. The van der Waals surface area contributed by atoms with Gasteiger partial charge in [-0.15, -0.1) is 0 Å². The number of fused-ring (bicyclic) bond motifs is 1. The molecule has 2 aromatic carbocycles. The van der Waals surface area contributed by atoms with Gasteiger partial charge in [-0.05, 0) is 30.9 Å². The summed E-state index contributed by atoms with van der Waals surface area (Å²) < 4.78 is 0. The van der Waals surface area contributed by atoms with E-state index in [9.17, 15) is 4.79 Å². The fourth-order valence-electron chi connectivity index (χ4n) is 3.02. The molecular formula is C18H22N2O. The first-order valence-electron chi connectivity index (χ1n) is 7.54. The van der Waals surface area contributed by atoms with Gasteiger partial charge in [-0.3, -0.25) is 4.79 Å².